The van der Waals surface area contributed by atoms with E-state index < -0.39 is 0 Å². The summed E-state index contributed by atoms with van der Waals surface area (Å²) in [7, 11) is 0. The van der Waals surface area contributed by atoms with E-state index >= 15 is 0 Å². The Labute approximate surface area is 106 Å². The molecule has 1 N–H and O–H groups in total. The summed E-state index contributed by atoms with van der Waals surface area (Å²) in [5.74, 6) is 0. The molecule has 0 fully saturated rings. The lowest BCUT2D eigenvalue weighted by molar-refractivity contribution is -0.595. The van der Waals surface area contributed by atoms with Gasteiger partial charge >= 0.3 is 0 Å². The van der Waals surface area contributed by atoms with Gasteiger partial charge in [-0.2, -0.15) is 4.57 Å². The Kier molecular flexibility index (Phi) is 2.84. The van der Waals surface area contributed by atoms with Crippen LogP contribution in [0.2, 0.25) is 0 Å². The molecule has 2 heterocycles. The van der Waals surface area contributed by atoms with Crippen LogP contribution < -0.4 is 9.55 Å². The molecule has 0 spiro atoms. The molecule has 0 atom stereocenters. The van der Waals surface area contributed by atoms with Crippen LogP contribution in [0.25, 0.3) is 16.8 Å². The molecule has 0 amide bonds. The molecule has 0 aliphatic heterocycles. The van der Waals surface area contributed by atoms with Gasteiger partial charge < -0.3 is 0 Å². The average molecular weight is 234 g/mol. The Hall–Kier alpha value is -2.48. The van der Waals surface area contributed by atoms with Crippen LogP contribution >= 0.6 is 0 Å². The number of H-pyrrole nitrogens is 1. The van der Waals surface area contributed by atoms with Gasteiger partial charge in [-0.3, -0.25) is 0 Å². The third kappa shape index (κ3) is 2.13. The second-order valence-electron chi connectivity index (χ2n) is 4.12. The van der Waals surface area contributed by atoms with Gasteiger partial charge in [-0.15, -0.1) is 0 Å². The average Bonchev–Trinajstić information content (AvgIpc) is 2.49. The van der Waals surface area contributed by atoms with Crippen molar-refractivity contribution in [3.63, 3.8) is 0 Å². The number of hydrogen-bond acceptors (Lipinski definition) is 0. The molecule has 0 saturated heterocycles. The van der Waals surface area contributed by atoms with Crippen molar-refractivity contribution < 1.29 is 9.55 Å². The van der Waals surface area contributed by atoms with Gasteiger partial charge in [0.1, 0.15) is 0 Å². The van der Waals surface area contributed by atoms with E-state index in [1.165, 1.54) is 16.8 Å². The van der Waals surface area contributed by atoms with E-state index in [2.05, 4.69) is 58.3 Å². The predicted molar refractivity (Wildman–Crippen MR) is 70.0 cm³/mol. The fourth-order valence-corrected chi connectivity index (χ4v) is 1.97. The van der Waals surface area contributed by atoms with Crippen LogP contribution in [0.1, 0.15) is 0 Å². The number of rotatable bonds is 2. The highest BCUT2D eigenvalue weighted by Gasteiger charge is 2.05. The molecule has 0 saturated carbocycles. The van der Waals surface area contributed by atoms with E-state index in [-0.39, 0.29) is 0 Å². The summed E-state index contributed by atoms with van der Waals surface area (Å²) in [4.78, 5) is 3.03. The number of aromatic nitrogens is 2. The lowest BCUT2D eigenvalue weighted by Crippen LogP contribution is -2.28. The van der Waals surface area contributed by atoms with Gasteiger partial charge in [-0.1, -0.05) is 18.2 Å². The summed E-state index contributed by atoms with van der Waals surface area (Å²) in [6.07, 6.45) is 8.05. The number of aromatic amines is 1. The largest absolute Gasteiger partial charge is 0.218 e. The maximum atomic E-state index is 3.03. The highest BCUT2D eigenvalue weighted by atomic mass is 14.9. The monoisotopic (exact) mass is 234 g/mol. The maximum absolute atomic E-state index is 3.03. The summed E-state index contributed by atoms with van der Waals surface area (Å²) in [6.45, 7) is 0. The highest BCUT2D eigenvalue weighted by molar-refractivity contribution is 5.61. The van der Waals surface area contributed by atoms with Crippen molar-refractivity contribution in [2.75, 3.05) is 0 Å². The van der Waals surface area contributed by atoms with Gasteiger partial charge in [-0.05, 0) is 11.1 Å². The molecule has 0 radical (unpaired) electrons. The molecule has 3 rings (SSSR count). The van der Waals surface area contributed by atoms with Gasteiger partial charge in [0.05, 0.1) is 0 Å². The first-order chi connectivity index (χ1) is 8.93. The maximum Gasteiger partial charge on any atom is 0.210 e. The Morgan fingerprint density at radius 2 is 1.28 bits per heavy atom. The molecule has 18 heavy (non-hydrogen) atoms. The second-order valence-corrected chi connectivity index (χ2v) is 4.12. The molecule has 0 bridgehead atoms. The standard InChI is InChI=1S/C16H13N2/c1-2-4-16(5-3-1)18-12-8-15(9-13-18)14-6-10-17-11-7-14/h1-13H/q+1/p+1. The first-order valence-corrected chi connectivity index (χ1v) is 5.97. The van der Waals surface area contributed by atoms with Crippen LogP contribution in [0.15, 0.2) is 79.4 Å². The van der Waals surface area contributed by atoms with Crippen molar-refractivity contribution in [2.24, 2.45) is 0 Å². The Balaban J connectivity index is 1.95. The number of nitrogens with zero attached hydrogens (tertiary/aromatic N) is 1. The predicted octanol–water partition coefficient (Wildman–Crippen LogP) is 2.44. The van der Waals surface area contributed by atoms with Crippen LogP contribution in [0, 0.1) is 0 Å². The second kappa shape index (κ2) is 4.80. The molecule has 86 valence electrons. The number of nitrogens with one attached hydrogen (secondary N) is 1. The summed E-state index contributed by atoms with van der Waals surface area (Å²) < 4.78 is 2.11. The lowest BCUT2D eigenvalue weighted by Gasteiger charge is -1.99. The van der Waals surface area contributed by atoms with Crippen LogP contribution in [0.5, 0.6) is 0 Å². The number of para-hydroxylation sites is 1. The minimum absolute atomic E-state index is 1.17. The fraction of sp³-hybridized carbons (Fsp3) is 0. The first kappa shape index (κ1) is 10.7. The topological polar surface area (TPSA) is 18.0 Å². The van der Waals surface area contributed by atoms with E-state index in [4.69, 9.17) is 0 Å². The number of pyridine rings is 2. The fourth-order valence-electron chi connectivity index (χ4n) is 1.97. The van der Waals surface area contributed by atoms with Crippen molar-refractivity contribution in [3.8, 4) is 16.8 Å². The van der Waals surface area contributed by atoms with Crippen molar-refractivity contribution in [2.45, 2.75) is 0 Å². The van der Waals surface area contributed by atoms with Crippen molar-refractivity contribution >= 4 is 0 Å². The zero-order chi connectivity index (χ0) is 12.2. The number of benzene rings is 1. The van der Waals surface area contributed by atoms with Crippen LogP contribution in [0.4, 0.5) is 0 Å². The van der Waals surface area contributed by atoms with Gasteiger partial charge in [-0.25, -0.2) is 4.98 Å². The molecule has 2 heteroatoms. The van der Waals surface area contributed by atoms with Crippen LogP contribution in [0.3, 0.4) is 0 Å². The summed E-state index contributed by atoms with van der Waals surface area (Å²) in [6, 6.07) is 18.7. The van der Waals surface area contributed by atoms with Gasteiger partial charge in [0.2, 0.25) is 5.69 Å². The molecule has 0 unspecified atom stereocenters. The third-order valence-electron chi connectivity index (χ3n) is 2.94. The molecule has 1 aromatic carbocycles. The molecular formula is C16H14N2+2. The Morgan fingerprint density at radius 3 is 1.94 bits per heavy atom. The minimum Gasteiger partial charge on any atom is -0.218 e. The first-order valence-electron chi connectivity index (χ1n) is 5.97. The van der Waals surface area contributed by atoms with E-state index in [9.17, 15) is 0 Å². The smallest absolute Gasteiger partial charge is 0.210 e. The molecule has 0 aliphatic carbocycles. The van der Waals surface area contributed by atoms with E-state index in [0.717, 1.165) is 0 Å². The van der Waals surface area contributed by atoms with Crippen molar-refractivity contribution in [1.29, 1.82) is 0 Å². The van der Waals surface area contributed by atoms with Crippen LogP contribution in [-0.2, 0) is 0 Å². The van der Waals surface area contributed by atoms with Crippen LogP contribution in [-0.4, -0.2) is 0 Å². The molecule has 3 aromatic rings. The summed E-state index contributed by atoms with van der Waals surface area (Å²) in [5, 5.41) is 0. The molecular weight excluding hydrogens is 220 g/mol. The van der Waals surface area contributed by atoms with E-state index in [0.29, 0.717) is 0 Å². The molecule has 0 aliphatic rings. The van der Waals surface area contributed by atoms with E-state index in [1.807, 2.05) is 30.6 Å². The summed E-state index contributed by atoms with van der Waals surface area (Å²) in [5.41, 5.74) is 3.61. The SMILES string of the molecule is c1ccc(-[n+]2ccc(-c3cc[nH+]cc3)cc2)cc1. The zero-order valence-corrected chi connectivity index (χ0v) is 9.95. The Bertz CT molecular complexity index is 558. The van der Waals surface area contributed by atoms with Gasteiger partial charge in [0.15, 0.2) is 24.8 Å². The van der Waals surface area contributed by atoms with E-state index in [1.54, 1.807) is 0 Å². The van der Waals surface area contributed by atoms with Crippen molar-refractivity contribution in [3.05, 3.63) is 79.4 Å². The Morgan fingerprint density at radius 1 is 0.667 bits per heavy atom. The zero-order valence-electron chi connectivity index (χ0n) is 9.95. The van der Waals surface area contributed by atoms with Gasteiger partial charge in [0.25, 0.3) is 0 Å². The van der Waals surface area contributed by atoms with Gasteiger partial charge in [0, 0.05) is 36.4 Å². The van der Waals surface area contributed by atoms with Crippen molar-refractivity contribution in [1.82, 2.24) is 0 Å². The molecule has 2 aromatic heterocycles. The highest BCUT2D eigenvalue weighted by Crippen LogP contribution is 2.15. The normalized spacial score (nSPS) is 10.2. The molecule has 2 nitrogen and oxygen atoms in total. The summed E-state index contributed by atoms with van der Waals surface area (Å²) >= 11 is 0. The quantitative estimate of drug-likeness (QED) is 0.606. The minimum atomic E-state index is 1.17. The lowest BCUT2D eigenvalue weighted by atomic mass is 10.1. The number of hydrogen-bond donors (Lipinski definition) is 0. The third-order valence-corrected chi connectivity index (χ3v) is 2.94.